The highest BCUT2D eigenvalue weighted by Crippen LogP contribution is 2.24. The number of rotatable bonds is 6. The Bertz CT molecular complexity index is 1260. The summed E-state index contributed by atoms with van der Waals surface area (Å²) in [5.41, 5.74) is 1.61. The van der Waals surface area contributed by atoms with Gasteiger partial charge in [-0.25, -0.2) is 13.2 Å². The molecule has 32 heavy (non-hydrogen) atoms. The fraction of sp³-hybridized carbons (Fsp3) is 0.286. The molecule has 0 radical (unpaired) electrons. The van der Waals surface area contributed by atoms with Gasteiger partial charge in [-0.15, -0.1) is 0 Å². The number of aromatic amines is 1. The number of benzene rings is 2. The molecular formula is C21H22N4O6S. The lowest BCUT2D eigenvalue weighted by atomic mass is 10.2. The molecule has 0 saturated carbocycles. The smallest absolute Gasteiger partial charge is 0.359 e. The summed E-state index contributed by atoms with van der Waals surface area (Å²) in [7, 11) is -3.72. The number of carbonyl (C=O) groups excluding carboxylic acids is 2. The van der Waals surface area contributed by atoms with Gasteiger partial charge in [-0.2, -0.15) is 9.40 Å². The van der Waals surface area contributed by atoms with Gasteiger partial charge in [0, 0.05) is 24.2 Å². The zero-order chi connectivity index (χ0) is 22.7. The van der Waals surface area contributed by atoms with E-state index in [0.717, 1.165) is 0 Å². The predicted molar refractivity (Wildman–Crippen MR) is 116 cm³/mol. The fourth-order valence-electron chi connectivity index (χ4n) is 3.40. The van der Waals surface area contributed by atoms with Gasteiger partial charge in [0.1, 0.15) is 0 Å². The second kappa shape index (κ2) is 9.07. The maximum Gasteiger partial charge on any atom is 0.359 e. The van der Waals surface area contributed by atoms with Crippen LogP contribution in [-0.4, -0.2) is 67.7 Å². The molecule has 0 unspecified atom stereocenters. The Morgan fingerprint density at radius 2 is 1.94 bits per heavy atom. The van der Waals surface area contributed by atoms with Gasteiger partial charge in [-0.05, 0) is 30.7 Å². The highest BCUT2D eigenvalue weighted by Gasteiger charge is 2.28. The predicted octanol–water partition coefficient (Wildman–Crippen LogP) is 1.69. The zero-order valence-corrected chi connectivity index (χ0v) is 18.1. The lowest BCUT2D eigenvalue weighted by Gasteiger charge is -2.26. The molecule has 0 spiro atoms. The maximum atomic E-state index is 13.0. The van der Waals surface area contributed by atoms with Gasteiger partial charge >= 0.3 is 5.97 Å². The summed E-state index contributed by atoms with van der Waals surface area (Å²) in [6, 6.07) is 11.7. The molecule has 168 valence electrons. The molecule has 2 heterocycles. The number of sulfonamides is 1. The van der Waals surface area contributed by atoms with Gasteiger partial charge in [-0.1, -0.05) is 24.3 Å². The average Bonchev–Trinajstić information content (AvgIpc) is 3.23. The second-order valence-electron chi connectivity index (χ2n) is 7.24. The molecule has 1 fully saturated rings. The molecule has 0 aliphatic carbocycles. The van der Waals surface area contributed by atoms with Crippen molar-refractivity contribution in [2.75, 3.05) is 38.2 Å². The van der Waals surface area contributed by atoms with Crippen LogP contribution in [0, 0.1) is 6.92 Å². The standard InChI is InChI=1S/C21H22N4O6S/c1-14-6-7-15(12-18(14)32(28,29)25-8-10-30-11-9-25)22-19(26)13-31-21(27)20-16-4-2-3-5-17(16)23-24-20/h2-7,12H,8-11,13H2,1H3,(H,22,26)(H,23,24). The topological polar surface area (TPSA) is 131 Å². The first-order chi connectivity index (χ1) is 15.4. The molecule has 4 rings (SSSR count). The Labute approximate surface area is 184 Å². The second-order valence-corrected chi connectivity index (χ2v) is 9.15. The van der Waals surface area contributed by atoms with Gasteiger partial charge < -0.3 is 14.8 Å². The lowest BCUT2D eigenvalue weighted by Crippen LogP contribution is -2.40. The van der Waals surface area contributed by atoms with Crippen molar-refractivity contribution >= 4 is 38.5 Å². The maximum absolute atomic E-state index is 13.0. The number of H-pyrrole nitrogens is 1. The molecule has 0 atom stereocenters. The molecule has 1 saturated heterocycles. The van der Waals surface area contributed by atoms with Crippen LogP contribution >= 0.6 is 0 Å². The summed E-state index contributed by atoms with van der Waals surface area (Å²) in [4.78, 5) is 24.7. The van der Waals surface area contributed by atoms with Crippen LogP contribution in [0.3, 0.4) is 0 Å². The van der Waals surface area contributed by atoms with Crippen LogP contribution in [0.1, 0.15) is 16.1 Å². The number of nitrogens with zero attached hydrogens (tertiary/aromatic N) is 2. The van der Waals surface area contributed by atoms with Crippen LogP contribution in [-0.2, 0) is 24.3 Å². The van der Waals surface area contributed by atoms with E-state index in [-0.39, 0.29) is 29.4 Å². The third kappa shape index (κ3) is 4.49. The zero-order valence-electron chi connectivity index (χ0n) is 17.3. The Hall–Kier alpha value is -3.28. The monoisotopic (exact) mass is 458 g/mol. The summed E-state index contributed by atoms with van der Waals surface area (Å²) in [5, 5.41) is 9.83. The van der Waals surface area contributed by atoms with E-state index in [1.165, 1.54) is 10.4 Å². The van der Waals surface area contributed by atoms with Crippen LogP contribution < -0.4 is 5.32 Å². The SMILES string of the molecule is Cc1ccc(NC(=O)COC(=O)c2n[nH]c3ccccc23)cc1S(=O)(=O)N1CCOCC1. The number of ether oxygens (including phenoxy) is 2. The molecule has 10 nitrogen and oxygen atoms in total. The van der Waals surface area contributed by atoms with E-state index in [4.69, 9.17) is 9.47 Å². The molecule has 11 heteroatoms. The number of esters is 1. The number of aromatic nitrogens is 2. The molecule has 1 aromatic heterocycles. The third-order valence-electron chi connectivity index (χ3n) is 5.06. The van der Waals surface area contributed by atoms with Gasteiger partial charge in [0.05, 0.1) is 23.6 Å². The minimum absolute atomic E-state index is 0.0858. The Balaban J connectivity index is 1.42. The number of carbonyl (C=O) groups is 2. The summed E-state index contributed by atoms with van der Waals surface area (Å²) in [6.45, 7) is 2.37. The van der Waals surface area contributed by atoms with Crippen molar-refractivity contribution in [2.24, 2.45) is 0 Å². The molecule has 1 amide bonds. The first-order valence-electron chi connectivity index (χ1n) is 9.95. The number of morpholine rings is 1. The number of amides is 1. The minimum Gasteiger partial charge on any atom is -0.451 e. The third-order valence-corrected chi connectivity index (χ3v) is 7.10. The number of aryl methyl sites for hydroxylation is 1. The van der Waals surface area contributed by atoms with E-state index in [0.29, 0.717) is 29.7 Å². The van der Waals surface area contributed by atoms with Crippen LogP contribution in [0.15, 0.2) is 47.4 Å². The van der Waals surface area contributed by atoms with Crippen molar-refractivity contribution in [2.45, 2.75) is 11.8 Å². The van der Waals surface area contributed by atoms with Crippen molar-refractivity contribution in [1.29, 1.82) is 0 Å². The Kier molecular flexibility index (Phi) is 6.21. The van der Waals surface area contributed by atoms with Crippen LogP contribution in [0.25, 0.3) is 10.9 Å². The van der Waals surface area contributed by atoms with Crippen LogP contribution in [0.5, 0.6) is 0 Å². The van der Waals surface area contributed by atoms with Crippen molar-refractivity contribution < 1.29 is 27.5 Å². The number of anilines is 1. The number of hydrogen-bond donors (Lipinski definition) is 2. The number of nitrogens with one attached hydrogen (secondary N) is 2. The first kappa shape index (κ1) is 21.9. The summed E-state index contributed by atoms with van der Waals surface area (Å²) >= 11 is 0. The number of fused-ring (bicyclic) bond motifs is 1. The summed E-state index contributed by atoms with van der Waals surface area (Å²) < 4.78 is 37.6. The fourth-order valence-corrected chi connectivity index (χ4v) is 5.06. The number of para-hydroxylation sites is 1. The molecule has 1 aliphatic rings. The van der Waals surface area contributed by atoms with Crippen molar-refractivity contribution in [3.8, 4) is 0 Å². The Morgan fingerprint density at radius 3 is 2.72 bits per heavy atom. The van der Waals surface area contributed by atoms with E-state index in [2.05, 4.69) is 15.5 Å². The lowest BCUT2D eigenvalue weighted by molar-refractivity contribution is -0.119. The molecular weight excluding hydrogens is 436 g/mol. The number of hydrogen-bond acceptors (Lipinski definition) is 7. The molecule has 2 N–H and O–H groups in total. The normalized spacial score (nSPS) is 14.9. The van der Waals surface area contributed by atoms with Crippen molar-refractivity contribution in [3.63, 3.8) is 0 Å². The van der Waals surface area contributed by atoms with E-state index >= 15 is 0 Å². The molecule has 0 bridgehead atoms. The van der Waals surface area contributed by atoms with Gasteiger partial charge in [0.15, 0.2) is 12.3 Å². The summed E-state index contributed by atoms with van der Waals surface area (Å²) in [6.07, 6.45) is 0. The van der Waals surface area contributed by atoms with Crippen LogP contribution in [0.4, 0.5) is 5.69 Å². The van der Waals surface area contributed by atoms with E-state index < -0.39 is 28.5 Å². The summed E-state index contributed by atoms with van der Waals surface area (Å²) in [5.74, 6) is -1.34. The molecule has 2 aromatic carbocycles. The van der Waals surface area contributed by atoms with E-state index in [9.17, 15) is 18.0 Å². The van der Waals surface area contributed by atoms with Gasteiger partial charge in [0.2, 0.25) is 10.0 Å². The van der Waals surface area contributed by atoms with Gasteiger partial charge in [0.25, 0.3) is 5.91 Å². The Morgan fingerprint density at radius 1 is 1.19 bits per heavy atom. The minimum atomic E-state index is -3.72. The quantitative estimate of drug-likeness (QED) is 0.538. The largest absolute Gasteiger partial charge is 0.451 e. The molecule has 1 aliphatic heterocycles. The molecule has 3 aromatic rings. The average molecular weight is 458 g/mol. The first-order valence-corrected chi connectivity index (χ1v) is 11.4. The van der Waals surface area contributed by atoms with Crippen molar-refractivity contribution in [3.05, 3.63) is 53.7 Å². The highest BCUT2D eigenvalue weighted by atomic mass is 32.2. The van der Waals surface area contributed by atoms with Crippen LogP contribution in [0.2, 0.25) is 0 Å². The van der Waals surface area contributed by atoms with E-state index in [1.807, 2.05) is 0 Å². The van der Waals surface area contributed by atoms with E-state index in [1.54, 1.807) is 43.3 Å². The van der Waals surface area contributed by atoms with Crippen molar-refractivity contribution in [1.82, 2.24) is 14.5 Å². The van der Waals surface area contributed by atoms with Gasteiger partial charge in [-0.3, -0.25) is 9.89 Å². The highest BCUT2D eigenvalue weighted by molar-refractivity contribution is 7.89.